The van der Waals surface area contributed by atoms with Gasteiger partial charge in [-0.05, 0) is 51.9 Å². The van der Waals surface area contributed by atoms with Crippen LogP contribution in [0.3, 0.4) is 0 Å². The van der Waals surface area contributed by atoms with Gasteiger partial charge in [0.05, 0.1) is 17.9 Å². The molecule has 2 saturated heterocycles. The molecule has 0 aliphatic carbocycles. The molecule has 0 amide bonds. The van der Waals surface area contributed by atoms with Crippen LogP contribution in [0.2, 0.25) is 0 Å². The number of para-hydroxylation sites is 2. The Balaban J connectivity index is 1.57. The van der Waals surface area contributed by atoms with E-state index in [1.165, 1.54) is 25.9 Å². The van der Waals surface area contributed by atoms with Crippen molar-refractivity contribution in [2.24, 2.45) is 0 Å². The Labute approximate surface area is 162 Å². The lowest BCUT2D eigenvalue weighted by Gasteiger charge is -2.40. The first kappa shape index (κ1) is 19.0. The number of anilines is 2. The van der Waals surface area contributed by atoms with Gasteiger partial charge in [-0.2, -0.15) is 0 Å². The molecule has 2 atom stereocenters. The minimum atomic E-state index is -3.46. The van der Waals surface area contributed by atoms with Gasteiger partial charge in [0.25, 0.3) is 0 Å². The Bertz CT molecular complexity index is 755. The number of benzene rings is 1. The summed E-state index contributed by atoms with van der Waals surface area (Å²) in [7, 11) is -3.46. The van der Waals surface area contributed by atoms with Crippen LogP contribution in [-0.2, 0) is 10.0 Å². The normalized spacial score (nSPS) is 29.3. The van der Waals surface area contributed by atoms with E-state index in [-0.39, 0.29) is 12.1 Å². The fraction of sp³-hybridized carbons (Fsp3) is 0.684. The maximum atomic E-state index is 13.5. The average molecular weight is 394 g/mol. The molecule has 7 nitrogen and oxygen atoms in total. The second-order valence-electron chi connectivity index (χ2n) is 7.97. The van der Waals surface area contributed by atoms with Gasteiger partial charge in [0, 0.05) is 31.7 Å². The number of hydrazine groups is 1. The number of hydrogen-bond donors (Lipinski definition) is 2. The zero-order valence-electron chi connectivity index (χ0n) is 16.3. The number of nitrogens with one attached hydrogen (secondary N) is 2. The van der Waals surface area contributed by atoms with Gasteiger partial charge in [-0.1, -0.05) is 12.1 Å². The van der Waals surface area contributed by atoms with Crippen molar-refractivity contribution in [1.82, 2.24) is 15.8 Å². The fourth-order valence-corrected chi connectivity index (χ4v) is 6.91. The number of rotatable bonds is 5. The zero-order valence-corrected chi connectivity index (χ0v) is 17.1. The number of likely N-dealkylation sites (tertiary alicyclic amines) is 1. The van der Waals surface area contributed by atoms with Crippen molar-refractivity contribution in [2.75, 3.05) is 48.5 Å². The molecule has 8 heteroatoms. The van der Waals surface area contributed by atoms with E-state index in [1.807, 2.05) is 32.0 Å². The van der Waals surface area contributed by atoms with Gasteiger partial charge in [0.15, 0.2) is 0 Å². The smallest absolute Gasteiger partial charge is 0.241 e. The summed E-state index contributed by atoms with van der Waals surface area (Å²) >= 11 is 0. The van der Waals surface area contributed by atoms with Crippen molar-refractivity contribution in [3.8, 4) is 0 Å². The van der Waals surface area contributed by atoms with Gasteiger partial charge in [0.2, 0.25) is 10.0 Å². The molecule has 0 saturated carbocycles. The third kappa shape index (κ3) is 3.55. The lowest BCUT2D eigenvalue weighted by Crippen LogP contribution is -2.52. The molecule has 3 heterocycles. The maximum Gasteiger partial charge on any atom is 0.241 e. The molecule has 3 aliphatic heterocycles. The second-order valence-corrected chi connectivity index (χ2v) is 9.99. The van der Waals surface area contributed by atoms with E-state index in [9.17, 15) is 8.42 Å². The van der Waals surface area contributed by atoms with Crippen LogP contribution in [0.5, 0.6) is 0 Å². The first-order chi connectivity index (χ1) is 13.0. The maximum absolute atomic E-state index is 13.5. The van der Waals surface area contributed by atoms with Gasteiger partial charge in [0.1, 0.15) is 5.25 Å². The van der Waals surface area contributed by atoms with E-state index in [1.54, 1.807) is 4.31 Å². The highest BCUT2D eigenvalue weighted by atomic mass is 32.2. The molecule has 2 N–H and O–H groups in total. The van der Waals surface area contributed by atoms with Crippen LogP contribution < -0.4 is 20.1 Å². The van der Waals surface area contributed by atoms with Crippen molar-refractivity contribution in [1.29, 1.82) is 0 Å². The van der Waals surface area contributed by atoms with Crippen LogP contribution >= 0.6 is 0 Å². The summed E-state index contributed by atoms with van der Waals surface area (Å²) in [6.07, 6.45) is 2.59. The molecule has 27 heavy (non-hydrogen) atoms. The summed E-state index contributed by atoms with van der Waals surface area (Å²) in [5.41, 5.74) is 8.00. The predicted molar refractivity (Wildman–Crippen MR) is 110 cm³/mol. The van der Waals surface area contributed by atoms with Gasteiger partial charge < -0.3 is 9.80 Å². The minimum Gasteiger partial charge on any atom is -0.367 e. The standard InChI is InChI=1S/C19H31N5O2S/c1-15-19(16(2)21-20-15)27(25,26)24-14-13-23(12-11-22-9-5-6-10-22)17-7-3-4-8-18(17)24/h3-4,7-8,15-16,19-21H,5-6,9-14H2,1-2H3. The van der Waals surface area contributed by atoms with Gasteiger partial charge in [-0.25, -0.2) is 8.42 Å². The zero-order chi connectivity index (χ0) is 19.0. The van der Waals surface area contributed by atoms with Crippen LogP contribution in [0.15, 0.2) is 24.3 Å². The first-order valence-corrected chi connectivity index (χ1v) is 11.6. The SMILES string of the molecule is CC1NNC(C)C1S(=O)(=O)N1CCN(CCN2CCCC2)c2ccccc21. The van der Waals surface area contributed by atoms with Gasteiger partial charge >= 0.3 is 0 Å². The summed E-state index contributed by atoms with van der Waals surface area (Å²) < 4.78 is 28.6. The summed E-state index contributed by atoms with van der Waals surface area (Å²) in [6.45, 7) is 9.47. The molecule has 3 aliphatic rings. The van der Waals surface area contributed by atoms with E-state index in [4.69, 9.17) is 0 Å². The molecule has 150 valence electrons. The second kappa shape index (κ2) is 7.58. The lowest BCUT2D eigenvalue weighted by atomic mass is 10.2. The van der Waals surface area contributed by atoms with E-state index in [0.29, 0.717) is 6.54 Å². The topological polar surface area (TPSA) is 67.9 Å². The summed E-state index contributed by atoms with van der Waals surface area (Å²) in [5, 5.41) is -0.471. The first-order valence-electron chi connectivity index (χ1n) is 10.1. The van der Waals surface area contributed by atoms with Crippen molar-refractivity contribution in [3.05, 3.63) is 24.3 Å². The Morgan fingerprint density at radius 2 is 1.56 bits per heavy atom. The fourth-order valence-electron chi connectivity index (χ4n) is 4.68. The molecule has 0 bridgehead atoms. The summed E-state index contributed by atoms with van der Waals surface area (Å²) in [4.78, 5) is 4.85. The predicted octanol–water partition coefficient (Wildman–Crippen LogP) is 0.992. The highest BCUT2D eigenvalue weighted by molar-refractivity contribution is 7.93. The van der Waals surface area contributed by atoms with E-state index >= 15 is 0 Å². The Morgan fingerprint density at radius 1 is 0.926 bits per heavy atom. The molecule has 0 aromatic heterocycles. The van der Waals surface area contributed by atoms with Crippen LogP contribution in [0.25, 0.3) is 0 Å². The Kier molecular flexibility index (Phi) is 5.33. The van der Waals surface area contributed by atoms with E-state index < -0.39 is 15.3 Å². The van der Waals surface area contributed by atoms with Gasteiger partial charge in [-0.15, -0.1) is 0 Å². The highest BCUT2D eigenvalue weighted by Gasteiger charge is 2.45. The Morgan fingerprint density at radius 3 is 2.22 bits per heavy atom. The summed E-state index contributed by atoms with van der Waals surface area (Å²) in [5.74, 6) is 0. The van der Waals surface area contributed by atoms with Crippen molar-refractivity contribution < 1.29 is 8.42 Å². The minimum absolute atomic E-state index is 0.120. The number of fused-ring (bicyclic) bond motifs is 1. The van der Waals surface area contributed by atoms with Crippen LogP contribution in [-0.4, -0.2) is 69.9 Å². The summed E-state index contributed by atoms with van der Waals surface area (Å²) in [6, 6.07) is 7.69. The monoisotopic (exact) mass is 393 g/mol. The Hall–Kier alpha value is -1.35. The highest BCUT2D eigenvalue weighted by Crippen LogP contribution is 2.36. The van der Waals surface area contributed by atoms with Crippen molar-refractivity contribution in [2.45, 2.75) is 44.0 Å². The number of nitrogens with zero attached hydrogens (tertiary/aromatic N) is 3. The van der Waals surface area contributed by atoms with E-state index in [2.05, 4.69) is 26.7 Å². The largest absolute Gasteiger partial charge is 0.367 e. The molecule has 0 radical (unpaired) electrons. The molecule has 2 unspecified atom stereocenters. The molecule has 1 aromatic rings. The van der Waals surface area contributed by atoms with Crippen LogP contribution in [0.4, 0.5) is 11.4 Å². The van der Waals surface area contributed by atoms with E-state index in [0.717, 1.165) is 31.0 Å². The van der Waals surface area contributed by atoms with Gasteiger partial charge in [-0.3, -0.25) is 15.2 Å². The third-order valence-corrected chi connectivity index (χ3v) is 8.62. The molecule has 0 spiro atoms. The van der Waals surface area contributed by atoms with Crippen LogP contribution in [0.1, 0.15) is 26.7 Å². The van der Waals surface area contributed by atoms with Crippen LogP contribution in [0, 0.1) is 0 Å². The van der Waals surface area contributed by atoms with Crippen molar-refractivity contribution >= 4 is 21.4 Å². The third-order valence-electron chi connectivity index (χ3n) is 6.12. The average Bonchev–Trinajstić information content (AvgIpc) is 3.29. The molecular weight excluding hydrogens is 362 g/mol. The lowest BCUT2D eigenvalue weighted by molar-refractivity contribution is 0.344. The van der Waals surface area contributed by atoms with Crippen molar-refractivity contribution in [3.63, 3.8) is 0 Å². The number of hydrogen-bond acceptors (Lipinski definition) is 6. The molecule has 2 fully saturated rings. The molecule has 1 aromatic carbocycles. The molecule has 4 rings (SSSR count). The quantitative estimate of drug-likeness (QED) is 0.778. The number of sulfonamides is 1. The molecular formula is C19H31N5O2S.